The number of nitro benzene ring substituents is 1. The van der Waals surface area contributed by atoms with Crippen molar-refractivity contribution in [3.05, 3.63) is 69.3 Å². The van der Waals surface area contributed by atoms with Gasteiger partial charge in [-0.3, -0.25) is 10.1 Å². The lowest BCUT2D eigenvalue weighted by Gasteiger charge is -2.37. The molecule has 8 heteroatoms. The van der Waals surface area contributed by atoms with Crippen molar-refractivity contribution in [1.29, 1.82) is 0 Å². The maximum atomic E-state index is 13.3. The molecule has 0 unspecified atom stereocenters. The Morgan fingerprint density at radius 2 is 1.90 bits per heavy atom. The van der Waals surface area contributed by atoms with Crippen LogP contribution in [0.2, 0.25) is 0 Å². The highest BCUT2D eigenvalue weighted by Gasteiger charge is 2.52. The van der Waals surface area contributed by atoms with E-state index in [0.29, 0.717) is 5.92 Å². The first kappa shape index (κ1) is 18.7. The van der Waals surface area contributed by atoms with Gasteiger partial charge in [-0.05, 0) is 54.4 Å². The average molecular weight is 414 g/mol. The van der Waals surface area contributed by atoms with Crippen molar-refractivity contribution in [3.8, 4) is 0 Å². The van der Waals surface area contributed by atoms with E-state index in [1.165, 1.54) is 54.0 Å². The number of ether oxygens (including phenoxy) is 1. The summed E-state index contributed by atoms with van der Waals surface area (Å²) in [6.07, 6.45) is 4.28. The molecule has 2 aromatic rings. The minimum atomic E-state index is -4.08. The van der Waals surface area contributed by atoms with E-state index in [1.807, 2.05) is 6.07 Å². The number of para-hydroxylation sites is 1. The van der Waals surface area contributed by atoms with Gasteiger partial charge in [0.15, 0.2) is 4.90 Å². The SMILES string of the molecule is CN([C@@H]1COC2(CC2)c2cc(C3CC3)ccc21)S(=O)(=O)c1ccccc1[N+](=O)[O-]. The van der Waals surface area contributed by atoms with Crippen molar-refractivity contribution < 1.29 is 18.1 Å². The number of nitro groups is 1. The van der Waals surface area contributed by atoms with Crippen molar-refractivity contribution in [2.75, 3.05) is 13.7 Å². The smallest absolute Gasteiger partial charge is 0.289 e. The van der Waals surface area contributed by atoms with E-state index in [9.17, 15) is 18.5 Å². The van der Waals surface area contributed by atoms with Crippen LogP contribution < -0.4 is 0 Å². The van der Waals surface area contributed by atoms with Gasteiger partial charge in [0.2, 0.25) is 10.0 Å². The highest BCUT2D eigenvalue weighted by atomic mass is 32.2. The van der Waals surface area contributed by atoms with Crippen LogP contribution in [0.5, 0.6) is 0 Å². The van der Waals surface area contributed by atoms with Crippen molar-refractivity contribution in [1.82, 2.24) is 4.31 Å². The Balaban J connectivity index is 1.56. The summed E-state index contributed by atoms with van der Waals surface area (Å²) in [6.45, 7) is 0.242. The molecular formula is C21H22N2O5S. The van der Waals surface area contributed by atoms with Gasteiger partial charge in [-0.2, -0.15) is 4.31 Å². The summed E-state index contributed by atoms with van der Waals surface area (Å²) < 4.78 is 34.0. The zero-order valence-electron chi connectivity index (χ0n) is 16.1. The van der Waals surface area contributed by atoms with Crippen molar-refractivity contribution in [3.63, 3.8) is 0 Å². The number of sulfonamides is 1. The Kier molecular flexibility index (Phi) is 4.10. The van der Waals surface area contributed by atoms with Gasteiger partial charge in [0.1, 0.15) is 0 Å². The first-order valence-corrected chi connectivity index (χ1v) is 11.3. The first-order valence-electron chi connectivity index (χ1n) is 9.83. The molecule has 1 spiro atoms. The molecule has 1 aliphatic heterocycles. The average Bonchev–Trinajstić information content (AvgIpc) is 3.63. The van der Waals surface area contributed by atoms with Gasteiger partial charge in [-0.15, -0.1) is 0 Å². The van der Waals surface area contributed by atoms with E-state index in [2.05, 4.69) is 12.1 Å². The lowest BCUT2D eigenvalue weighted by atomic mass is 9.90. The second-order valence-electron chi connectivity index (χ2n) is 8.19. The van der Waals surface area contributed by atoms with Crippen LogP contribution in [0, 0.1) is 10.1 Å². The molecule has 0 bridgehead atoms. The third kappa shape index (κ3) is 2.97. The first-order chi connectivity index (χ1) is 13.8. The predicted octanol–water partition coefficient (Wildman–Crippen LogP) is 3.85. The molecule has 2 fully saturated rings. The van der Waals surface area contributed by atoms with Crippen LogP contribution in [-0.4, -0.2) is 31.3 Å². The Hall–Kier alpha value is -2.29. The fourth-order valence-corrected chi connectivity index (χ4v) is 5.79. The van der Waals surface area contributed by atoms with Gasteiger partial charge >= 0.3 is 0 Å². The maximum Gasteiger partial charge on any atom is 0.289 e. The fourth-order valence-electron chi connectivity index (χ4n) is 4.31. The van der Waals surface area contributed by atoms with Crippen LogP contribution in [0.4, 0.5) is 5.69 Å². The second kappa shape index (κ2) is 6.35. The normalized spacial score (nSPS) is 22.5. The topological polar surface area (TPSA) is 89.8 Å². The highest BCUT2D eigenvalue weighted by molar-refractivity contribution is 7.89. The summed E-state index contributed by atoms with van der Waals surface area (Å²) in [4.78, 5) is 10.4. The summed E-state index contributed by atoms with van der Waals surface area (Å²) >= 11 is 0. The predicted molar refractivity (Wildman–Crippen MR) is 106 cm³/mol. The standard InChI is InChI=1S/C21H22N2O5S/c1-22(29(26,27)20-5-3-2-4-18(20)23(24)25)19-13-28-21(10-11-21)17-12-15(14-6-7-14)8-9-16(17)19/h2-5,8-9,12,14,19H,6-7,10-11,13H2,1H3/t19-/m1/s1. The van der Waals surface area contributed by atoms with E-state index in [1.54, 1.807) is 0 Å². The lowest BCUT2D eigenvalue weighted by molar-refractivity contribution is -0.387. The van der Waals surface area contributed by atoms with Gasteiger partial charge in [0.25, 0.3) is 5.69 Å². The van der Waals surface area contributed by atoms with Gasteiger partial charge in [-0.1, -0.05) is 30.3 Å². The third-order valence-electron chi connectivity index (χ3n) is 6.36. The monoisotopic (exact) mass is 414 g/mol. The number of fused-ring (bicyclic) bond motifs is 2. The van der Waals surface area contributed by atoms with Crippen LogP contribution in [0.25, 0.3) is 0 Å². The molecule has 2 aliphatic carbocycles. The Morgan fingerprint density at radius 3 is 2.55 bits per heavy atom. The van der Waals surface area contributed by atoms with Crippen LogP contribution in [0.3, 0.4) is 0 Å². The summed E-state index contributed by atoms with van der Waals surface area (Å²) in [5.74, 6) is 0.602. The molecule has 0 saturated heterocycles. The van der Waals surface area contributed by atoms with Crippen molar-refractivity contribution in [2.24, 2.45) is 0 Å². The molecule has 2 saturated carbocycles. The van der Waals surface area contributed by atoms with Crippen LogP contribution in [0.1, 0.15) is 54.3 Å². The number of nitrogens with zero attached hydrogens (tertiary/aromatic N) is 2. The quantitative estimate of drug-likeness (QED) is 0.548. The summed E-state index contributed by atoms with van der Waals surface area (Å²) in [5.41, 5.74) is 2.63. The summed E-state index contributed by atoms with van der Waals surface area (Å²) in [7, 11) is -2.60. The number of likely N-dealkylation sites (N-methyl/N-ethyl adjacent to an activating group) is 1. The van der Waals surface area contributed by atoms with Crippen LogP contribution >= 0.6 is 0 Å². The highest BCUT2D eigenvalue weighted by Crippen LogP contribution is 2.56. The minimum absolute atomic E-state index is 0.242. The molecular weight excluding hydrogens is 392 g/mol. The summed E-state index contributed by atoms with van der Waals surface area (Å²) in [6, 6.07) is 11.3. The Bertz CT molecular complexity index is 1110. The van der Waals surface area contributed by atoms with Gasteiger partial charge in [0, 0.05) is 13.1 Å². The molecule has 5 rings (SSSR count). The largest absolute Gasteiger partial charge is 0.368 e. The number of rotatable bonds is 5. The molecule has 3 aliphatic rings. The maximum absolute atomic E-state index is 13.3. The number of hydrogen-bond donors (Lipinski definition) is 0. The lowest BCUT2D eigenvalue weighted by Crippen LogP contribution is -2.39. The second-order valence-corrected chi connectivity index (χ2v) is 10.2. The number of benzene rings is 2. The molecule has 7 nitrogen and oxygen atoms in total. The van der Waals surface area contributed by atoms with E-state index in [0.717, 1.165) is 24.0 Å². The molecule has 1 atom stereocenters. The van der Waals surface area contributed by atoms with E-state index >= 15 is 0 Å². The van der Waals surface area contributed by atoms with Gasteiger partial charge in [0.05, 0.1) is 23.2 Å². The molecule has 29 heavy (non-hydrogen) atoms. The van der Waals surface area contributed by atoms with Crippen molar-refractivity contribution in [2.45, 2.75) is 48.1 Å². The Labute approximate surface area is 169 Å². The van der Waals surface area contributed by atoms with Crippen molar-refractivity contribution >= 4 is 15.7 Å². The fraction of sp³-hybridized carbons (Fsp3) is 0.429. The molecule has 0 amide bonds. The van der Waals surface area contributed by atoms with Crippen LogP contribution in [-0.2, 0) is 20.4 Å². The molecule has 1 heterocycles. The minimum Gasteiger partial charge on any atom is -0.368 e. The number of hydrogen-bond acceptors (Lipinski definition) is 5. The van der Waals surface area contributed by atoms with Gasteiger partial charge in [-0.25, -0.2) is 8.42 Å². The molecule has 2 aromatic carbocycles. The summed E-state index contributed by atoms with van der Waals surface area (Å²) in [5, 5.41) is 11.4. The molecule has 0 radical (unpaired) electrons. The zero-order valence-corrected chi connectivity index (χ0v) is 16.9. The van der Waals surface area contributed by atoms with E-state index in [-0.39, 0.29) is 17.1 Å². The van der Waals surface area contributed by atoms with E-state index < -0.39 is 26.7 Å². The van der Waals surface area contributed by atoms with Crippen LogP contribution in [0.15, 0.2) is 47.4 Å². The Morgan fingerprint density at radius 1 is 1.17 bits per heavy atom. The van der Waals surface area contributed by atoms with E-state index in [4.69, 9.17) is 4.74 Å². The zero-order chi connectivity index (χ0) is 20.4. The molecule has 0 N–H and O–H groups in total. The third-order valence-corrected chi connectivity index (χ3v) is 8.27. The molecule has 0 aromatic heterocycles. The van der Waals surface area contributed by atoms with Gasteiger partial charge < -0.3 is 4.74 Å². The molecule has 152 valence electrons.